The lowest BCUT2D eigenvalue weighted by atomic mass is 10.2. The number of halogens is 1. The maximum absolute atomic E-state index is 5.92. The molecule has 0 aliphatic carbocycles. The van der Waals surface area contributed by atoms with Gasteiger partial charge in [0, 0.05) is 12.7 Å². The number of rotatable bonds is 3. The van der Waals surface area contributed by atoms with E-state index in [0.717, 1.165) is 16.6 Å². The maximum atomic E-state index is 5.92. The lowest BCUT2D eigenvalue weighted by Gasteiger charge is -2.08. The van der Waals surface area contributed by atoms with E-state index in [1.165, 1.54) is 4.88 Å². The van der Waals surface area contributed by atoms with Crippen molar-refractivity contribution in [3.05, 3.63) is 28.7 Å². The fraction of sp³-hybridized carbons (Fsp3) is 0.364. The number of thiophene rings is 1. The molecule has 0 saturated heterocycles. The van der Waals surface area contributed by atoms with E-state index in [9.17, 15) is 0 Å². The first kappa shape index (κ1) is 10.7. The first-order valence-electron chi connectivity index (χ1n) is 4.94. The van der Waals surface area contributed by atoms with Crippen LogP contribution in [-0.4, -0.2) is 9.78 Å². The van der Waals surface area contributed by atoms with E-state index >= 15 is 0 Å². The zero-order chi connectivity index (χ0) is 10.8. The first-order chi connectivity index (χ1) is 7.16. The SMILES string of the molecule is CC(C)Cn1nccc1-c1ccc(Cl)s1. The van der Waals surface area contributed by atoms with Crippen LogP contribution in [0.15, 0.2) is 24.4 Å². The van der Waals surface area contributed by atoms with Crippen molar-refractivity contribution in [2.24, 2.45) is 5.92 Å². The molecule has 0 aromatic carbocycles. The molecule has 0 aliphatic heterocycles. The molecule has 80 valence electrons. The van der Waals surface area contributed by atoms with Gasteiger partial charge in [0.1, 0.15) is 0 Å². The van der Waals surface area contributed by atoms with Crippen molar-refractivity contribution in [3.8, 4) is 10.6 Å². The predicted octanol–water partition coefficient (Wildman–Crippen LogP) is 3.92. The Balaban J connectivity index is 2.32. The van der Waals surface area contributed by atoms with Crippen LogP contribution in [0.3, 0.4) is 0 Å². The van der Waals surface area contributed by atoms with Crippen LogP contribution in [0.2, 0.25) is 4.34 Å². The Morgan fingerprint density at radius 2 is 2.20 bits per heavy atom. The lowest BCUT2D eigenvalue weighted by Crippen LogP contribution is -2.06. The molecule has 15 heavy (non-hydrogen) atoms. The third-order valence-corrected chi connectivity index (χ3v) is 3.33. The van der Waals surface area contributed by atoms with Gasteiger partial charge in [-0.05, 0) is 24.1 Å². The summed E-state index contributed by atoms with van der Waals surface area (Å²) in [5, 5.41) is 4.32. The van der Waals surface area contributed by atoms with E-state index in [2.05, 4.69) is 18.9 Å². The van der Waals surface area contributed by atoms with Crippen molar-refractivity contribution in [1.82, 2.24) is 9.78 Å². The molecule has 0 amide bonds. The summed E-state index contributed by atoms with van der Waals surface area (Å²) in [6.45, 7) is 5.32. The summed E-state index contributed by atoms with van der Waals surface area (Å²) in [6, 6.07) is 6.00. The Morgan fingerprint density at radius 3 is 2.80 bits per heavy atom. The van der Waals surface area contributed by atoms with E-state index in [1.807, 2.05) is 29.1 Å². The Labute approximate surface area is 98.5 Å². The van der Waals surface area contributed by atoms with Crippen molar-refractivity contribution in [3.63, 3.8) is 0 Å². The van der Waals surface area contributed by atoms with Gasteiger partial charge in [0.2, 0.25) is 0 Å². The second kappa shape index (κ2) is 4.37. The van der Waals surface area contributed by atoms with E-state index in [0.29, 0.717) is 5.92 Å². The molecule has 2 rings (SSSR count). The van der Waals surface area contributed by atoms with Crippen LogP contribution in [0.1, 0.15) is 13.8 Å². The third kappa shape index (κ3) is 2.41. The second-order valence-corrected chi connectivity index (χ2v) is 5.61. The van der Waals surface area contributed by atoms with Crippen LogP contribution in [0.25, 0.3) is 10.6 Å². The van der Waals surface area contributed by atoms with Gasteiger partial charge in [0.05, 0.1) is 14.9 Å². The Bertz CT molecular complexity index is 445. The molecule has 2 nitrogen and oxygen atoms in total. The van der Waals surface area contributed by atoms with E-state index < -0.39 is 0 Å². The second-order valence-electron chi connectivity index (χ2n) is 3.90. The number of hydrogen-bond acceptors (Lipinski definition) is 2. The lowest BCUT2D eigenvalue weighted by molar-refractivity contribution is 0.487. The summed E-state index contributed by atoms with van der Waals surface area (Å²) in [5.74, 6) is 0.596. The highest BCUT2D eigenvalue weighted by Gasteiger charge is 2.08. The highest BCUT2D eigenvalue weighted by atomic mass is 35.5. The Morgan fingerprint density at radius 1 is 1.40 bits per heavy atom. The summed E-state index contributed by atoms with van der Waals surface area (Å²) >= 11 is 7.52. The minimum Gasteiger partial charge on any atom is -0.264 e. The van der Waals surface area contributed by atoms with E-state index in [-0.39, 0.29) is 0 Å². The molecule has 2 aromatic rings. The van der Waals surface area contributed by atoms with Crippen LogP contribution in [0.5, 0.6) is 0 Å². The number of hydrogen-bond donors (Lipinski definition) is 0. The average molecular weight is 241 g/mol. The Hall–Kier alpha value is -0.800. The van der Waals surface area contributed by atoms with Crippen LogP contribution in [-0.2, 0) is 6.54 Å². The molecule has 0 spiro atoms. The van der Waals surface area contributed by atoms with Gasteiger partial charge in [0.15, 0.2) is 0 Å². The van der Waals surface area contributed by atoms with Crippen LogP contribution < -0.4 is 0 Å². The molecule has 0 radical (unpaired) electrons. The Kier molecular flexibility index (Phi) is 3.12. The van der Waals surface area contributed by atoms with Gasteiger partial charge in [-0.3, -0.25) is 4.68 Å². The largest absolute Gasteiger partial charge is 0.264 e. The molecule has 0 aliphatic rings. The topological polar surface area (TPSA) is 17.8 Å². The molecule has 0 atom stereocenters. The summed E-state index contributed by atoms with van der Waals surface area (Å²) in [4.78, 5) is 1.18. The van der Waals surface area contributed by atoms with Crippen molar-refractivity contribution >= 4 is 22.9 Å². The molecular formula is C11H13ClN2S. The maximum Gasteiger partial charge on any atom is 0.0935 e. The average Bonchev–Trinajstić information content (AvgIpc) is 2.72. The number of aromatic nitrogens is 2. The van der Waals surface area contributed by atoms with Crippen molar-refractivity contribution in [2.45, 2.75) is 20.4 Å². The minimum absolute atomic E-state index is 0.596. The number of nitrogens with zero attached hydrogens (tertiary/aromatic N) is 2. The molecular weight excluding hydrogens is 228 g/mol. The van der Waals surface area contributed by atoms with Gasteiger partial charge in [-0.15, -0.1) is 11.3 Å². The molecule has 0 saturated carbocycles. The fourth-order valence-electron chi connectivity index (χ4n) is 1.49. The molecule has 2 aromatic heterocycles. The normalized spacial score (nSPS) is 11.2. The van der Waals surface area contributed by atoms with Crippen molar-refractivity contribution in [1.29, 1.82) is 0 Å². The van der Waals surface area contributed by atoms with Crippen LogP contribution in [0.4, 0.5) is 0 Å². The van der Waals surface area contributed by atoms with Crippen molar-refractivity contribution in [2.75, 3.05) is 0 Å². The first-order valence-corrected chi connectivity index (χ1v) is 6.14. The van der Waals surface area contributed by atoms with Crippen molar-refractivity contribution < 1.29 is 0 Å². The fourth-order valence-corrected chi connectivity index (χ4v) is 2.56. The summed E-state index contributed by atoms with van der Waals surface area (Å²) in [7, 11) is 0. The monoisotopic (exact) mass is 240 g/mol. The standard InChI is InChI=1S/C11H13ClN2S/c1-8(2)7-14-9(5-6-13-14)10-3-4-11(12)15-10/h3-6,8H,7H2,1-2H3. The van der Waals surface area contributed by atoms with Gasteiger partial charge in [-0.2, -0.15) is 5.10 Å². The van der Waals surface area contributed by atoms with Gasteiger partial charge in [-0.25, -0.2) is 0 Å². The third-order valence-electron chi connectivity index (χ3n) is 2.08. The quantitative estimate of drug-likeness (QED) is 0.795. The smallest absolute Gasteiger partial charge is 0.0935 e. The van der Waals surface area contributed by atoms with Gasteiger partial charge >= 0.3 is 0 Å². The van der Waals surface area contributed by atoms with Gasteiger partial charge in [0.25, 0.3) is 0 Å². The van der Waals surface area contributed by atoms with E-state index in [1.54, 1.807) is 11.3 Å². The van der Waals surface area contributed by atoms with Crippen LogP contribution in [0, 0.1) is 5.92 Å². The summed E-state index contributed by atoms with van der Waals surface area (Å²) in [5.41, 5.74) is 1.15. The zero-order valence-electron chi connectivity index (χ0n) is 8.77. The molecule has 0 bridgehead atoms. The highest BCUT2D eigenvalue weighted by Crippen LogP contribution is 2.30. The summed E-state index contributed by atoms with van der Waals surface area (Å²) in [6.07, 6.45) is 1.84. The van der Waals surface area contributed by atoms with Gasteiger partial charge in [-0.1, -0.05) is 25.4 Å². The minimum atomic E-state index is 0.596. The molecule has 4 heteroatoms. The predicted molar refractivity (Wildman–Crippen MR) is 65.4 cm³/mol. The molecule has 2 heterocycles. The molecule has 0 N–H and O–H groups in total. The molecule has 0 fully saturated rings. The highest BCUT2D eigenvalue weighted by molar-refractivity contribution is 7.19. The van der Waals surface area contributed by atoms with E-state index in [4.69, 9.17) is 11.6 Å². The van der Waals surface area contributed by atoms with Crippen LogP contribution >= 0.6 is 22.9 Å². The van der Waals surface area contributed by atoms with Gasteiger partial charge < -0.3 is 0 Å². The zero-order valence-corrected chi connectivity index (χ0v) is 10.3. The summed E-state index contributed by atoms with van der Waals surface area (Å²) < 4.78 is 2.86. The molecule has 0 unspecified atom stereocenters.